The molecular weight excluding hydrogens is 372 g/mol. The predicted octanol–water partition coefficient (Wildman–Crippen LogP) is 4.14. The van der Waals surface area contributed by atoms with Crippen molar-refractivity contribution in [2.45, 2.75) is 38.7 Å². The number of thiazole rings is 1. The van der Waals surface area contributed by atoms with Crippen LogP contribution >= 0.6 is 11.3 Å². The molecule has 0 saturated heterocycles. The Kier molecular flexibility index (Phi) is 5.22. The van der Waals surface area contributed by atoms with Crippen LogP contribution in [-0.2, 0) is 17.6 Å². The summed E-state index contributed by atoms with van der Waals surface area (Å²) in [4.78, 5) is 16.7. The molecule has 1 aromatic heterocycles. The van der Waals surface area contributed by atoms with Crippen LogP contribution < -0.4 is 14.8 Å². The molecule has 5 nitrogen and oxygen atoms in total. The maximum Gasteiger partial charge on any atom is 0.257 e. The van der Waals surface area contributed by atoms with Crippen LogP contribution in [0.3, 0.4) is 0 Å². The summed E-state index contributed by atoms with van der Waals surface area (Å²) in [6, 6.07) is 14.0. The lowest BCUT2D eigenvalue weighted by Crippen LogP contribution is -2.30. The molecule has 4 rings (SSSR count). The normalized spacial score (nSPS) is 14.5. The summed E-state index contributed by atoms with van der Waals surface area (Å²) in [7, 11) is 0. The van der Waals surface area contributed by atoms with Gasteiger partial charge in [0.2, 0.25) is 0 Å². The van der Waals surface area contributed by atoms with E-state index in [1.807, 2.05) is 36.4 Å². The van der Waals surface area contributed by atoms with E-state index in [1.165, 1.54) is 4.70 Å². The first-order chi connectivity index (χ1) is 13.5. The molecule has 3 aromatic rings. The number of amides is 1. The highest BCUT2D eigenvalue weighted by molar-refractivity contribution is 7.18. The van der Waals surface area contributed by atoms with Gasteiger partial charge in [-0.15, -0.1) is 11.3 Å². The van der Waals surface area contributed by atoms with Gasteiger partial charge in [0.1, 0.15) is 5.60 Å². The van der Waals surface area contributed by atoms with Gasteiger partial charge in [0, 0.05) is 24.9 Å². The Hall–Kier alpha value is -2.60. The number of nitrogens with zero attached hydrogens (tertiary/aromatic N) is 1. The maximum atomic E-state index is 12.1. The van der Waals surface area contributed by atoms with Crippen LogP contribution in [0.5, 0.6) is 11.5 Å². The van der Waals surface area contributed by atoms with Crippen LogP contribution in [0.2, 0.25) is 0 Å². The van der Waals surface area contributed by atoms with Gasteiger partial charge in [-0.25, -0.2) is 4.98 Å². The molecule has 28 heavy (non-hydrogen) atoms. The number of aryl methyl sites for hydroxylation is 1. The third-order valence-corrected chi connectivity index (χ3v) is 5.74. The molecule has 146 valence electrons. The van der Waals surface area contributed by atoms with E-state index in [0.29, 0.717) is 12.3 Å². The third kappa shape index (κ3) is 4.28. The summed E-state index contributed by atoms with van der Waals surface area (Å²) in [6.45, 7) is 4.69. The second-order valence-electron chi connectivity index (χ2n) is 7.60. The topological polar surface area (TPSA) is 60.5 Å². The summed E-state index contributed by atoms with van der Waals surface area (Å²) in [5.41, 5.74) is 1.93. The molecule has 1 amide bonds. The maximum absolute atomic E-state index is 12.1. The summed E-state index contributed by atoms with van der Waals surface area (Å²) < 4.78 is 12.9. The first kappa shape index (κ1) is 18.7. The fraction of sp³-hybridized carbons (Fsp3) is 0.364. The van der Waals surface area contributed by atoms with E-state index < -0.39 is 0 Å². The first-order valence-corrected chi connectivity index (χ1v) is 10.4. The van der Waals surface area contributed by atoms with Crippen molar-refractivity contribution >= 4 is 27.5 Å². The smallest absolute Gasteiger partial charge is 0.257 e. The van der Waals surface area contributed by atoms with E-state index in [0.717, 1.165) is 41.1 Å². The van der Waals surface area contributed by atoms with Crippen LogP contribution in [0.4, 0.5) is 0 Å². The summed E-state index contributed by atoms with van der Waals surface area (Å²) in [6.07, 6.45) is 2.55. The van der Waals surface area contributed by atoms with E-state index in [4.69, 9.17) is 9.47 Å². The lowest BCUT2D eigenvalue weighted by atomic mass is 10.0. The van der Waals surface area contributed by atoms with Crippen molar-refractivity contribution < 1.29 is 14.3 Å². The zero-order chi connectivity index (χ0) is 19.6. The van der Waals surface area contributed by atoms with Gasteiger partial charge in [-0.1, -0.05) is 24.3 Å². The Morgan fingerprint density at radius 3 is 2.96 bits per heavy atom. The number of nitrogens with one attached hydrogen (secondary N) is 1. The number of carbonyl (C=O) groups excluding carboxylic acids is 1. The molecule has 0 unspecified atom stereocenters. The fourth-order valence-electron chi connectivity index (χ4n) is 3.39. The number of para-hydroxylation sites is 2. The van der Waals surface area contributed by atoms with E-state index in [-0.39, 0.29) is 18.1 Å². The highest BCUT2D eigenvalue weighted by Crippen LogP contribution is 2.41. The van der Waals surface area contributed by atoms with Crippen molar-refractivity contribution in [3.63, 3.8) is 0 Å². The van der Waals surface area contributed by atoms with Crippen molar-refractivity contribution in [3.8, 4) is 11.5 Å². The number of fused-ring (bicyclic) bond motifs is 2. The second-order valence-corrected chi connectivity index (χ2v) is 8.72. The summed E-state index contributed by atoms with van der Waals surface area (Å²) >= 11 is 1.71. The molecule has 1 N–H and O–H groups in total. The zero-order valence-corrected chi connectivity index (χ0v) is 17.0. The largest absolute Gasteiger partial charge is 0.483 e. The molecule has 0 spiro atoms. The minimum absolute atomic E-state index is 0.0125. The van der Waals surface area contributed by atoms with Crippen molar-refractivity contribution in [1.82, 2.24) is 10.3 Å². The standard InChI is InChI=1S/C22H24N2O3S/c1-22(2)13-15-7-5-9-17(21(15)27-22)26-14-19(25)23-12-6-11-20-24-16-8-3-4-10-18(16)28-20/h3-5,7-10H,6,11-14H2,1-2H3,(H,23,25). The van der Waals surface area contributed by atoms with Gasteiger partial charge in [-0.3, -0.25) is 4.79 Å². The molecule has 0 atom stereocenters. The Bertz CT molecular complexity index is 963. The SMILES string of the molecule is CC1(C)Cc2cccc(OCC(=O)NCCCc3nc4ccccc4s3)c2O1. The van der Waals surface area contributed by atoms with Crippen LogP contribution in [0.25, 0.3) is 10.2 Å². The highest BCUT2D eigenvalue weighted by Gasteiger charge is 2.32. The number of benzene rings is 2. The number of carbonyl (C=O) groups is 1. The van der Waals surface area contributed by atoms with Crippen molar-refractivity contribution in [2.24, 2.45) is 0 Å². The van der Waals surface area contributed by atoms with Crippen molar-refractivity contribution in [2.75, 3.05) is 13.2 Å². The fourth-order valence-corrected chi connectivity index (χ4v) is 4.40. The van der Waals surface area contributed by atoms with Gasteiger partial charge in [0.15, 0.2) is 18.1 Å². The highest BCUT2D eigenvalue weighted by atomic mass is 32.1. The average Bonchev–Trinajstić information content (AvgIpc) is 3.22. The van der Waals surface area contributed by atoms with E-state index in [1.54, 1.807) is 11.3 Å². The van der Waals surface area contributed by atoms with Gasteiger partial charge in [0.25, 0.3) is 5.91 Å². The molecule has 1 aliphatic heterocycles. The first-order valence-electron chi connectivity index (χ1n) is 9.55. The zero-order valence-electron chi connectivity index (χ0n) is 16.2. The van der Waals surface area contributed by atoms with Crippen LogP contribution in [0, 0.1) is 0 Å². The van der Waals surface area contributed by atoms with Crippen LogP contribution in [0.15, 0.2) is 42.5 Å². The van der Waals surface area contributed by atoms with Gasteiger partial charge in [-0.05, 0) is 38.5 Å². The Morgan fingerprint density at radius 2 is 2.11 bits per heavy atom. The molecule has 2 heterocycles. The Labute approximate surface area is 168 Å². The summed E-state index contributed by atoms with van der Waals surface area (Å²) in [5, 5.41) is 4.02. The molecule has 6 heteroatoms. The van der Waals surface area contributed by atoms with Crippen molar-refractivity contribution in [1.29, 1.82) is 0 Å². The lowest BCUT2D eigenvalue weighted by Gasteiger charge is -2.18. The van der Waals surface area contributed by atoms with Gasteiger partial charge >= 0.3 is 0 Å². The number of rotatable bonds is 7. The van der Waals surface area contributed by atoms with Gasteiger partial charge in [0.05, 0.1) is 15.2 Å². The minimum Gasteiger partial charge on any atom is -0.483 e. The van der Waals surface area contributed by atoms with E-state index in [9.17, 15) is 4.79 Å². The van der Waals surface area contributed by atoms with E-state index in [2.05, 4.69) is 30.2 Å². The Morgan fingerprint density at radius 1 is 1.25 bits per heavy atom. The van der Waals surface area contributed by atoms with Crippen LogP contribution in [0.1, 0.15) is 30.8 Å². The molecule has 1 aliphatic rings. The van der Waals surface area contributed by atoms with Gasteiger partial charge in [-0.2, -0.15) is 0 Å². The number of hydrogen-bond donors (Lipinski definition) is 1. The Balaban J connectivity index is 1.22. The molecule has 0 radical (unpaired) electrons. The molecule has 0 aliphatic carbocycles. The summed E-state index contributed by atoms with van der Waals surface area (Å²) in [5.74, 6) is 1.27. The molecule has 0 fully saturated rings. The molecule has 0 saturated carbocycles. The van der Waals surface area contributed by atoms with Crippen molar-refractivity contribution in [3.05, 3.63) is 53.0 Å². The monoisotopic (exact) mass is 396 g/mol. The molecule has 2 aromatic carbocycles. The quantitative estimate of drug-likeness (QED) is 0.610. The number of aromatic nitrogens is 1. The van der Waals surface area contributed by atoms with Crippen LogP contribution in [-0.4, -0.2) is 29.6 Å². The predicted molar refractivity (Wildman–Crippen MR) is 111 cm³/mol. The lowest BCUT2D eigenvalue weighted by molar-refractivity contribution is -0.123. The molecule has 0 bridgehead atoms. The number of hydrogen-bond acceptors (Lipinski definition) is 5. The van der Waals surface area contributed by atoms with Gasteiger partial charge < -0.3 is 14.8 Å². The minimum atomic E-state index is -0.231. The van der Waals surface area contributed by atoms with E-state index >= 15 is 0 Å². The average molecular weight is 397 g/mol. The number of ether oxygens (including phenoxy) is 2. The third-order valence-electron chi connectivity index (χ3n) is 4.64. The second kappa shape index (κ2) is 7.80. The molecular formula is C22H24N2O3S.